The Kier molecular flexibility index (Phi) is 5.07. The van der Waals surface area contributed by atoms with Crippen molar-refractivity contribution in [1.29, 1.82) is 0 Å². The van der Waals surface area contributed by atoms with Crippen LogP contribution in [0.15, 0.2) is 18.2 Å². The Morgan fingerprint density at radius 3 is 2.90 bits per heavy atom. The Morgan fingerprint density at radius 2 is 2.24 bits per heavy atom. The van der Waals surface area contributed by atoms with E-state index in [0.717, 1.165) is 5.56 Å². The van der Waals surface area contributed by atoms with E-state index in [1.807, 2.05) is 6.92 Å². The fraction of sp³-hybridized carbons (Fsp3) is 0.467. The Morgan fingerprint density at radius 1 is 1.48 bits per heavy atom. The maximum Gasteiger partial charge on any atom is 0.308 e. The number of hydrogen-bond acceptors (Lipinski definition) is 3. The van der Waals surface area contributed by atoms with Gasteiger partial charge in [0.05, 0.1) is 5.92 Å². The first-order valence-corrected chi connectivity index (χ1v) is 7.24. The predicted octanol–water partition coefficient (Wildman–Crippen LogP) is 2.35. The average Bonchev–Trinajstić information content (AvgIpc) is 2.48. The molecule has 1 amide bonds. The van der Waals surface area contributed by atoms with Crippen LogP contribution in [0.3, 0.4) is 0 Å². The number of aryl methyl sites for hydroxylation is 1. The van der Waals surface area contributed by atoms with E-state index in [1.54, 1.807) is 23.1 Å². The molecule has 114 valence electrons. The molecule has 0 aromatic heterocycles. The van der Waals surface area contributed by atoms with Gasteiger partial charge >= 0.3 is 5.97 Å². The SMILES string of the molecule is Cc1cc(OCC(=O)N2CCC[C@@H](C(=O)O)C2)ccc1Cl. The van der Waals surface area contributed by atoms with Crippen molar-refractivity contribution in [2.75, 3.05) is 19.7 Å². The first-order valence-electron chi connectivity index (χ1n) is 6.87. The summed E-state index contributed by atoms with van der Waals surface area (Å²) in [5, 5.41) is 9.67. The molecule has 0 spiro atoms. The molecular weight excluding hydrogens is 294 g/mol. The number of amides is 1. The third kappa shape index (κ3) is 4.11. The van der Waals surface area contributed by atoms with Gasteiger partial charge in [0.15, 0.2) is 6.61 Å². The van der Waals surface area contributed by atoms with Crippen molar-refractivity contribution < 1.29 is 19.4 Å². The Hall–Kier alpha value is -1.75. The number of nitrogens with zero attached hydrogens (tertiary/aromatic N) is 1. The monoisotopic (exact) mass is 311 g/mol. The Bertz CT molecular complexity index is 546. The van der Waals surface area contributed by atoms with Crippen molar-refractivity contribution >= 4 is 23.5 Å². The van der Waals surface area contributed by atoms with Crippen LogP contribution in [0.1, 0.15) is 18.4 Å². The fourth-order valence-electron chi connectivity index (χ4n) is 2.35. The molecule has 1 fully saturated rings. The zero-order chi connectivity index (χ0) is 15.4. The molecule has 1 aromatic rings. The summed E-state index contributed by atoms with van der Waals surface area (Å²) in [4.78, 5) is 24.6. The molecule has 1 saturated heterocycles. The summed E-state index contributed by atoms with van der Waals surface area (Å²) in [7, 11) is 0. The van der Waals surface area contributed by atoms with Crippen molar-refractivity contribution in [3.8, 4) is 5.75 Å². The van der Waals surface area contributed by atoms with Gasteiger partial charge in [-0.3, -0.25) is 9.59 Å². The summed E-state index contributed by atoms with van der Waals surface area (Å²) in [5.41, 5.74) is 0.880. The van der Waals surface area contributed by atoms with Crippen molar-refractivity contribution in [2.24, 2.45) is 5.92 Å². The highest BCUT2D eigenvalue weighted by Gasteiger charge is 2.28. The highest BCUT2D eigenvalue weighted by molar-refractivity contribution is 6.31. The van der Waals surface area contributed by atoms with E-state index in [4.69, 9.17) is 21.4 Å². The van der Waals surface area contributed by atoms with Gasteiger partial charge in [-0.1, -0.05) is 11.6 Å². The number of halogens is 1. The summed E-state index contributed by atoms with van der Waals surface area (Å²) < 4.78 is 5.46. The van der Waals surface area contributed by atoms with Crippen molar-refractivity contribution in [3.05, 3.63) is 28.8 Å². The van der Waals surface area contributed by atoms with Gasteiger partial charge in [-0.2, -0.15) is 0 Å². The van der Waals surface area contributed by atoms with Gasteiger partial charge in [-0.05, 0) is 43.5 Å². The standard InChI is InChI=1S/C15H18ClNO4/c1-10-7-12(4-5-13(10)16)21-9-14(18)17-6-2-3-11(8-17)15(19)20/h4-5,7,11H,2-3,6,8-9H2,1H3,(H,19,20)/t11-/m1/s1. The number of benzene rings is 1. The van der Waals surface area contributed by atoms with Crippen molar-refractivity contribution in [3.63, 3.8) is 0 Å². The lowest BCUT2D eigenvalue weighted by Crippen LogP contribution is -2.44. The van der Waals surface area contributed by atoms with Crippen molar-refractivity contribution in [1.82, 2.24) is 4.90 Å². The van der Waals surface area contributed by atoms with Crippen LogP contribution in [0.2, 0.25) is 5.02 Å². The number of piperidine rings is 1. The van der Waals surface area contributed by atoms with E-state index in [-0.39, 0.29) is 19.1 Å². The maximum atomic E-state index is 12.1. The van der Waals surface area contributed by atoms with Crippen molar-refractivity contribution in [2.45, 2.75) is 19.8 Å². The topological polar surface area (TPSA) is 66.8 Å². The molecule has 1 N–H and O–H groups in total. The minimum Gasteiger partial charge on any atom is -0.484 e. The first kappa shape index (κ1) is 15.6. The van der Waals surface area contributed by atoms with Crippen LogP contribution in [0.4, 0.5) is 0 Å². The van der Waals surface area contributed by atoms with Gasteiger partial charge in [0.2, 0.25) is 0 Å². The van der Waals surface area contributed by atoms with Gasteiger partial charge in [-0.15, -0.1) is 0 Å². The van der Waals surface area contributed by atoms with Gasteiger partial charge in [0.1, 0.15) is 5.75 Å². The molecule has 5 nitrogen and oxygen atoms in total. The molecule has 0 aliphatic carbocycles. The molecule has 0 bridgehead atoms. The molecule has 1 atom stereocenters. The number of carbonyl (C=O) groups is 2. The minimum absolute atomic E-state index is 0.0899. The highest BCUT2D eigenvalue weighted by atomic mass is 35.5. The second kappa shape index (κ2) is 6.80. The van der Waals surface area contributed by atoms with Gasteiger partial charge < -0.3 is 14.7 Å². The van der Waals surface area contributed by atoms with E-state index < -0.39 is 11.9 Å². The van der Waals surface area contributed by atoms with E-state index in [0.29, 0.717) is 30.2 Å². The zero-order valence-electron chi connectivity index (χ0n) is 11.8. The second-order valence-electron chi connectivity index (χ2n) is 5.22. The van der Waals surface area contributed by atoms with Gasteiger partial charge in [0.25, 0.3) is 5.91 Å². The third-order valence-corrected chi connectivity index (χ3v) is 4.04. The number of rotatable bonds is 4. The van der Waals surface area contributed by atoms with Gasteiger partial charge in [-0.25, -0.2) is 0 Å². The summed E-state index contributed by atoms with van der Waals surface area (Å²) in [6.07, 6.45) is 1.33. The smallest absolute Gasteiger partial charge is 0.308 e. The lowest BCUT2D eigenvalue weighted by atomic mass is 9.98. The van der Waals surface area contributed by atoms with E-state index in [1.165, 1.54) is 0 Å². The molecule has 0 saturated carbocycles. The highest BCUT2D eigenvalue weighted by Crippen LogP contribution is 2.21. The van der Waals surface area contributed by atoms with E-state index in [9.17, 15) is 9.59 Å². The molecule has 2 rings (SSSR count). The predicted molar refractivity (Wildman–Crippen MR) is 78.6 cm³/mol. The van der Waals surface area contributed by atoms with Crippen LogP contribution in [-0.4, -0.2) is 41.6 Å². The quantitative estimate of drug-likeness (QED) is 0.927. The molecule has 6 heteroatoms. The molecule has 1 aliphatic heterocycles. The number of ether oxygens (including phenoxy) is 1. The molecule has 0 radical (unpaired) electrons. The normalized spacial score (nSPS) is 18.4. The molecule has 0 unspecified atom stereocenters. The number of aliphatic carboxylic acids is 1. The summed E-state index contributed by atoms with van der Waals surface area (Å²) in [6, 6.07) is 5.20. The Labute approximate surface area is 128 Å². The summed E-state index contributed by atoms with van der Waals surface area (Å²) in [5.74, 6) is -0.923. The van der Waals surface area contributed by atoms with Crippen LogP contribution < -0.4 is 4.74 Å². The lowest BCUT2D eigenvalue weighted by Gasteiger charge is -2.30. The zero-order valence-corrected chi connectivity index (χ0v) is 12.6. The number of hydrogen-bond donors (Lipinski definition) is 1. The number of carbonyl (C=O) groups excluding carboxylic acids is 1. The maximum absolute atomic E-state index is 12.1. The first-order chi connectivity index (χ1) is 9.97. The average molecular weight is 312 g/mol. The number of carboxylic acids is 1. The van der Waals surface area contributed by atoms with E-state index >= 15 is 0 Å². The molecule has 1 aromatic carbocycles. The van der Waals surface area contributed by atoms with Crippen LogP contribution >= 0.6 is 11.6 Å². The molecule has 21 heavy (non-hydrogen) atoms. The van der Waals surface area contributed by atoms with Crippen LogP contribution in [0.5, 0.6) is 5.75 Å². The van der Waals surface area contributed by atoms with Crippen LogP contribution in [0, 0.1) is 12.8 Å². The largest absolute Gasteiger partial charge is 0.484 e. The van der Waals surface area contributed by atoms with Crippen LogP contribution in [0.25, 0.3) is 0 Å². The van der Waals surface area contributed by atoms with Gasteiger partial charge in [0, 0.05) is 18.1 Å². The second-order valence-corrected chi connectivity index (χ2v) is 5.62. The van der Waals surface area contributed by atoms with Crippen LogP contribution in [-0.2, 0) is 9.59 Å². The Balaban J connectivity index is 1.89. The summed E-state index contributed by atoms with van der Waals surface area (Å²) >= 11 is 5.92. The third-order valence-electron chi connectivity index (χ3n) is 3.62. The number of carboxylic acid groups (broad SMARTS) is 1. The molecule has 1 heterocycles. The minimum atomic E-state index is -0.846. The summed E-state index contributed by atoms with van der Waals surface area (Å²) in [6.45, 7) is 2.62. The number of likely N-dealkylation sites (tertiary alicyclic amines) is 1. The molecular formula is C15H18ClNO4. The molecule has 1 aliphatic rings. The van der Waals surface area contributed by atoms with E-state index in [2.05, 4.69) is 0 Å². The fourth-order valence-corrected chi connectivity index (χ4v) is 2.47. The lowest BCUT2D eigenvalue weighted by molar-refractivity contribution is -0.146.